The van der Waals surface area contributed by atoms with Crippen LogP contribution in [0.5, 0.6) is 0 Å². The normalized spacial score (nSPS) is 12.6. The van der Waals surface area contributed by atoms with Crippen LogP contribution in [0, 0.1) is 12.7 Å². The number of benzene rings is 1. The molecule has 2 nitrogen and oxygen atoms in total. The molecule has 0 bridgehead atoms. The molecular formula is C10H15FN2. The van der Waals surface area contributed by atoms with Gasteiger partial charge in [-0.25, -0.2) is 4.39 Å². The summed E-state index contributed by atoms with van der Waals surface area (Å²) in [7, 11) is 0. The van der Waals surface area contributed by atoms with Gasteiger partial charge in [-0.3, -0.25) is 0 Å². The number of rotatable bonds is 3. The monoisotopic (exact) mass is 182 g/mol. The van der Waals surface area contributed by atoms with Crippen LogP contribution >= 0.6 is 0 Å². The Morgan fingerprint density at radius 1 is 1.54 bits per heavy atom. The molecule has 0 spiro atoms. The van der Waals surface area contributed by atoms with E-state index in [9.17, 15) is 4.39 Å². The summed E-state index contributed by atoms with van der Waals surface area (Å²) in [5.74, 6) is -0.186. The molecular weight excluding hydrogens is 167 g/mol. The van der Waals surface area contributed by atoms with Crippen molar-refractivity contribution in [3.05, 3.63) is 29.6 Å². The highest BCUT2D eigenvalue weighted by molar-refractivity contribution is 5.45. The molecule has 0 aromatic heterocycles. The van der Waals surface area contributed by atoms with Gasteiger partial charge in [0.05, 0.1) is 0 Å². The van der Waals surface area contributed by atoms with E-state index in [0.717, 1.165) is 5.69 Å². The Morgan fingerprint density at radius 2 is 2.23 bits per heavy atom. The van der Waals surface area contributed by atoms with Crippen molar-refractivity contribution in [3.63, 3.8) is 0 Å². The van der Waals surface area contributed by atoms with Crippen molar-refractivity contribution in [1.82, 2.24) is 0 Å². The summed E-state index contributed by atoms with van der Waals surface area (Å²) in [5.41, 5.74) is 6.87. The fraction of sp³-hybridized carbons (Fsp3) is 0.400. The maximum absolute atomic E-state index is 13.1. The van der Waals surface area contributed by atoms with E-state index in [2.05, 4.69) is 5.32 Å². The van der Waals surface area contributed by atoms with Crippen LogP contribution in [0.25, 0.3) is 0 Å². The Labute approximate surface area is 77.9 Å². The molecule has 0 aliphatic carbocycles. The summed E-state index contributed by atoms with van der Waals surface area (Å²) >= 11 is 0. The SMILES string of the molecule is Cc1ccc(NC(C)CN)cc1F. The number of nitrogens with one attached hydrogen (secondary N) is 1. The number of hydrogen-bond donors (Lipinski definition) is 2. The molecule has 3 heteroatoms. The molecule has 1 aromatic carbocycles. The number of halogens is 1. The van der Waals surface area contributed by atoms with Crippen LogP contribution in [0.3, 0.4) is 0 Å². The third-order valence-corrected chi connectivity index (χ3v) is 1.94. The first-order valence-electron chi connectivity index (χ1n) is 4.36. The molecule has 72 valence electrons. The topological polar surface area (TPSA) is 38.0 Å². The van der Waals surface area contributed by atoms with Crippen molar-refractivity contribution in [2.75, 3.05) is 11.9 Å². The van der Waals surface area contributed by atoms with Gasteiger partial charge in [0, 0.05) is 18.3 Å². The average Bonchev–Trinajstić information content (AvgIpc) is 2.11. The summed E-state index contributed by atoms with van der Waals surface area (Å²) in [6, 6.07) is 5.26. The quantitative estimate of drug-likeness (QED) is 0.749. The van der Waals surface area contributed by atoms with Crippen molar-refractivity contribution < 1.29 is 4.39 Å². The van der Waals surface area contributed by atoms with Gasteiger partial charge in [0.15, 0.2) is 0 Å². The number of anilines is 1. The summed E-state index contributed by atoms with van der Waals surface area (Å²) < 4.78 is 13.1. The fourth-order valence-electron chi connectivity index (χ4n) is 1.03. The summed E-state index contributed by atoms with van der Waals surface area (Å²) in [4.78, 5) is 0. The lowest BCUT2D eigenvalue weighted by Crippen LogP contribution is -2.25. The minimum absolute atomic E-state index is 0.169. The largest absolute Gasteiger partial charge is 0.381 e. The van der Waals surface area contributed by atoms with E-state index in [-0.39, 0.29) is 11.9 Å². The standard InChI is InChI=1S/C10H15FN2/c1-7-3-4-9(5-10(7)11)13-8(2)6-12/h3-5,8,13H,6,12H2,1-2H3. The minimum atomic E-state index is -0.186. The Kier molecular flexibility index (Phi) is 3.25. The first kappa shape index (κ1) is 9.99. The molecule has 3 N–H and O–H groups in total. The molecule has 0 radical (unpaired) electrons. The van der Waals surface area contributed by atoms with Gasteiger partial charge in [0.1, 0.15) is 5.82 Å². The van der Waals surface area contributed by atoms with E-state index in [1.54, 1.807) is 13.0 Å². The van der Waals surface area contributed by atoms with Crippen LogP contribution in [-0.4, -0.2) is 12.6 Å². The zero-order valence-corrected chi connectivity index (χ0v) is 7.97. The molecule has 1 atom stereocenters. The highest BCUT2D eigenvalue weighted by atomic mass is 19.1. The highest BCUT2D eigenvalue weighted by Crippen LogP contribution is 2.13. The van der Waals surface area contributed by atoms with Gasteiger partial charge >= 0.3 is 0 Å². The third kappa shape index (κ3) is 2.70. The molecule has 0 amide bonds. The van der Waals surface area contributed by atoms with Gasteiger partial charge in [0.25, 0.3) is 0 Å². The molecule has 0 aliphatic heterocycles. The van der Waals surface area contributed by atoms with Crippen LogP contribution in [0.2, 0.25) is 0 Å². The van der Waals surface area contributed by atoms with Gasteiger partial charge in [-0.05, 0) is 31.5 Å². The lowest BCUT2D eigenvalue weighted by molar-refractivity contribution is 0.618. The fourth-order valence-corrected chi connectivity index (χ4v) is 1.03. The van der Waals surface area contributed by atoms with Crippen LogP contribution < -0.4 is 11.1 Å². The van der Waals surface area contributed by atoms with E-state index >= 15 is 0 Å². The van der Waals surface area contributed by atoms with E-state index in [4.69, 9.17) is 5.73 Å². The van der Waals surface area contributed by atoms with Crippen molar-refractivity contribution in [3.8, 4) is 0 Å². The lowest BCUT2D eigenvalue weighted by Gasteiger charge is -2.12. The predicted octanol–water partition coefficient (Wildman–Crippen LogP) is 1.89. The van der Waals surface area contributed by atoms with E-state index < -0.39 is 0 Å². The van der Waals surface area contributed by atoms with Crippen LogP contribution in [0.1, 0.15) is 12.5 Å². The maximum Gasteiger partial charge on any atom is 0.128 e. The summed E-state index contributed by atoms with van der Waals surface area (Å²) in [5, 5.41) is 3.09. The van der Waals surface area contributed by atoms with Crippen LogP contribution in [0.4, 0.5) is 10.1 Å². The molecule has 1 rings (SSSR count). The number of nitrogens with two attached hydrogens (primary N) is 1. The molecule has 1 unspecified atom stereocenters. The maximum atomic E-state index is 13.1. The molecule has 1 aromatic rings. The van der Waals surface area contributed by atoms with Gasteiger partial charge in [-0.2, -0.15) is 0 Å². The summed E-state index contributed by atoms with van der Waals surface area (Å²) in [6.07, 6.45) is 0. The Balaban J connectivity index is 2.73. The van der Waals surface area contributed by atoms with Crippen LogP contribution in [-0.2, 0) is 0 Å². The van der Waals surface area contributed by atoms with E-state index in [1.165, 1.54) is 6.07 Å². The van der Waals surface area contributed by atoms with Crippen LogP contribution in [0.15, 0.2) is 18.2 Å². The highest BCUT2D eigenvalue weighted by Gasteiger charge is 2.01. The smallest absolute Gasteiger partial charge is 0.128 e. The molecule has 13 heavy (non-hydrogen) atoms. The minimum Gasteiger partial charge on any atom is -0.381 e. The molecule has 0 saturated heterocycles. The second kappa shape index (κ2) is 4.23. The molecule has 0 aliphatic rings. The second-order valence-corrected chi connectivity index (χ2v) is 3.25. The van der Waals surface area contributed by atoms with Gasteiger partial charge in [-0.1, -0.05) is 6.07 Å². The predicted molar refractivity (Wildman–Crippen MR) is 53.3 cm³/mol. The van der Waals surface area contributed by atoms with Crippen molar-refractivity contribution in [2.24, 2.45) is 5.73 Å². The molecule has 0 saturated carbocycles. The molecule has 0 heterocycles. The van der Waals surface area contributed by atoms with Gasteiger partial charge in [0.2, 0.25) is 0 Å². The second-order valence-electron chi connectivity index (χ2n) is 3.25. The van der Waals surface area contributed by atoms with Gasteiger partial charge < -0.3 is 11.1 Å². The Hall–Kier alpha value is -1.09. The average molecular weight is 182 g/mol. The Bertz CT molecular complexity index is 286. The van der Waals surface area contributed by atoms with E-state index in [0.29, 0.717) is 12.1 Å². The van der Waals surface area contributed by atoms with Gasteiger partial charge in [-0.15, -0.1) is 0 Å². The first-order chi connectivity index (χ1) is 6.13. The number of hydrogen-bond acceptors (Lipinski definition) is 2. The van der Waals surface area contributed by atoms with Crippen molar-refractivity contribution in [1.29, 1.82) is 0 Å². The number of aryl methyl sites for hydroxylation is 1. The van der Waals surface area contributed by atoms with Crippen molar-refractivity contribution in [2.45, 2.75) is 19.9 Å². The zero-order chi connectivity index (χ0) is 9.84. The molecule has 0 fully saturated rings. The Morgan fingerprint density at radius 3 is 2.77 bits per heavy atom. The van der Waals surface area contributed by atoms with E-state index in [1.807, 2.05) is 13.0 Å². The lowest BCUT2D eigenvalue weighted by atomic mass is 10.2. The van der Waals surface area contributed by atoms with Crippen molar-refractivity contribution >= 4 is 5.69 Å². The third-order valence-electron chi connectivity index (χ3n) is 1.94. The summed E-state index contributed by atoms with van der Waals surface area (Å²) in [6.45, 7) is 4.23. The zero-order valence-electron chi connectivity index (χ0n) is 7.97. The first-order valence-corrected chi connectivity index (χ1v) is 4.36.